The van der Waals surface area contributed by atoms with Crippen LogP contribution in [0.1, 0.15) is 49.3 Å². The van der Waals surface area contributed by atoms with Crippen molar-refractivity contribution < 1.29 is 8.42 Å². The second-order valence-corrected chi connectivity index (χ2v) is 9.87. The summed E-state index contributed by atoms with van der Waals surface area (Å²) in [5.41, 5.74) is 4.00. The van der Waals surface area contributed by atoms with Crippen LogP contribution < -0.4 is 4.72 Å². The SMILES string of the molecule is Cc1ccc(S(=O)(=O)N[C@H]2CCCC3(C)c4ccccc4CC[C@H]23)cc1. The van der Waals surface area contributed by atoms with E-state index < -0.39 is 10.0 Å². The molecule has 2 aliphatic rings. The summed E-state index contributed by atoms with van der Waals surface area (Å²) in [5.74, 6) is 0.353. The van der Waals surface area contributed by atoms with Crippen LogP contribution in [0.15, 0.2) is 53.4 Å². The summed E-state index contributed by atoms with van der Waals surface area (Å²) in [6.45, 7) is 4.30. The lowest BCUT2D eigenvalue weighted by molar-refractivity contribution is 0.143. The van der Waals surface area contributed by atoms with Gasteiger partial charge in [-0.3, -0.25) is 0 Å². The van der Waals surface area contributed by atoms with Crippen LogP contribution in [-0.4, -0.2) is 14.5 Å². The van der Waals surface area contributed by atoms with Crippen LogP contribution in [0.4, 0.5) is 0 Å². The Labute approximate surface area is 156 Å². The number of hydrogen-bond donors (Lipinski definition) is 1. The highest BCUT2D eigenvalue weighted by atomic mass is 32.2. The second-order valence-electron chi connectivity index (χ2n) is 8.15. The third-order valence-corrected chi connectivity index (χ3v) is 8.02. The molecular formula is C22H27NO2S. The summed E-state index contributed by atoms with van der Waals surface area (Å²) in [5, 5.41) is 0. The van der Waals surface area contributed by atoms with E-state index in [2.05, 4.69) is 35.9 Å². The minimum atomic E-state index is -3.48. The van der Waals surface area contributed by atoms with Gasteiger partial charge in [0.25, 0.3) is 0 Å². The molecule has 2 aromatic rings. The second kappa shape index (κ2) is 6.50. The first-order valence-electron chi connectivity index (χ1n) is 9.57. The minimum absolute atomic E-state index is 0.00779. The van der Waals surface area contributed by atoms with E-state index in [4.69, 9.17) is 0 Å². The lowest BCUT2D eigenvalue weighted by Crippen LogP contribution is -2.53. The van der Waals surface area contributed by atoms with Crippen molar-refractivity contribution in [1.82, 2.24) is 4.72 Å². The van der Waals surface area contributed by atoms with Crippen LogP contribution in [-0.2, 0) is 21.9 Å². The first-order chi connectivity index (χ1) is 12.4. The summed E-state index contributed by atoms with van der Waals surface area (Å²) in [6, 6.07) is 15.8. The van der Waals surface area contributed by atoms with Crippen LogP contribution >= 0.6 is 0 Å². The summed E-state index contributed by atoms with van der Waals surface area (Å²) in [4.78, 5) is 0.367. The van der Waals surface area contributed by atoms with Crippen LogP contribution in [0, 0.1) is 12.8 Å². The fourth-order valence-electron chi connectivity index (χ4n) is 5.11. The highest BCUT2D eigenvalue weighted by Crippen LogP contribution is 2.50. The molecule has 1 fully saturated rings. The summed E-state index contributed by atoms with van der Waals surface area (Å²) in [6.07, 6.45) is 5.21. The normalized spacial score (nSPS) is 28.2. The van der Waals surface area contributed by atoms with E-state index in [9.17, 15) is 8.42 Å². The number of fused-ring (bicyclic) bond motifs is 3. The molecule has 0 saturated heterocycles. The van der Waals surface area contributed by atoms with Crippen LogP contribution in [0.3, 0.4) is 0 Å². The maximum absolute atomic E-state index is 12.9. The largest absolute Gasteiger partial charge is 0.240 e. The molecule has 0 heterocycles. The molecule has 3 atom stereocenters. The lowest BCUT2D eigenvalue weighted by Gasteiger charge is -2.50. The minimum Gasteiger partial charge on any atom is -0.208 e. The maximum Gasteiger partial charge on any atom is 0.240 e. The van der Waals surface area contributed by atoms with Gasteiger partial charge < -0.3 is 0 Å². The smallest absolute Gasteiger partial charge is 0.208 e. The lowest BCUT2D eigenvalue weighted by atomic mass is 9.57. The molecular weight excluding hydrogens is 342 g/mol. The van der Waals surface area contributed by atoms with Crippen molar-refractivity contribution in [2.24, 2.45) is 5.92 Å². The van der Waals surface area contributed by atoms with Crippen molar-refractivity contribution in [3.05, 3.63) is 65.2 Å². The summed E-state index contributed by atoms with van der Waals surface area (Å²) < 4.78 is 28.9. The summed E-state index contributed by atoms with van der Waals surface area (Å²) in [7, 11) is -3.48. The average Bonchev–Trinajstić information content (AvgIpc) is 2.62. The van der Waals surface area contributed by atoms with Crippen LogP contribution in [0.2, 0.25) is 0 Å². The van der Waals surface area contributed by atoms with Gasteiger partial charge in [0, 0.05) is 6.04 Å². The monoisotopic (exact) mass is 369 g/mol. The Hall–Kier alpha value is -1.65. The van der Waals surface area contributed by atoms with Crippen molar-refractivity contribution in [1.29, 1.82) is 0 Å². The molecule has 2 aromatic carbocycles. The fourth-order valence-corrected chi connectivity index (χ4v) is 6.42. The van der Waals surface area contributed by atoms with Crippen molar-refractivity contribution in [3.63, 3.8) is 0 Å². The molecule has 138 valence electrons. The standard InChI is InChI=1S/C22H27NO2S/c1-16-9-12-18(13-10-16)26(24,25)23-21-8-5-15-22(2)19-7-4-3-6-17(19)11-14-20(21)22/h3-4,6-7,9-10,12-13,20-21,23H,5,8,11,14-15H2,1-2H3/t20-,21+,22?/m1/s1. The predicted octanol–water partition coefficient (Wildman–Crippen LogP) is 4.35. The van der Waals surface area contributed by atoms with E-state index in [0.29, 0.717) is 10.8 Å². The Bertz CT molecular complexity index is 904. The van der Waals surface area contributed by atoms with Gasteiger partial charge in [0.05, 0.1) is 4.90 Å². The first kappa shape index (κ1) is 17.7. The van der Waals surface area contributed by atoms with Crippen LogP contribution in [0.5, 0.6) is 0 Å². The number of sulfonamides is 1. The van der Waals surface area contributed by atoms with Gasteiger partial charge in [-0.25, -0.2) is 13.1 Å². The Morgan fingerprint density at radius 1 is 1.04 bits per heavy atom. The molecule has 0 amide bonds. The van der Waals surface area contributed by atoms with Crippen molar-refractivity contribution in [3.8, 4) is 0 Å². The van der Waals surface area contributed by atoms with E-state index in [1.54, 1.807) is 12.1 Å². The van der Waals surface area contributed by atoms with E-state index in [1.807, 2.05) is 19.1 Å². The molecule has 0 aliphatic heterocycles. The summed E-state index contributed by atoms with van der Waals surface area (Å²) >= 11 is 0. The fraction of sp³-hybridized carbons (Fsp3) is 0.455. The van der Waals surface area contributed by atoms with E-state index in [-0.39, 0.29) is 11.5 Å². The predicted molar refractivity (Wildman–Crippen MR) is 105 cm³/mol. The number of rotatable bonds is 3. The Morgan fingerprint density at radius 2 is 1.77 bits per heavy atom. The van der Waals surface area contributed by atoms with E-state index >= 15 is 0 Å². The molecule has 4 rings (SSSR count). The molecule has 4 heteroatoms. The van der Waals surface area contributed by atoms with Gasteiger partial charge >= 0.3 is 0 Å². The molecule has 0 bridgehead atoms. The molecule has 1 unspecified atom stereocenters. The van der Waals surface area contributed by atoms with Crippen molar-refractivity contribution in [2.75, 3.05) is 0 Å². The number of hydrogen-bond acceptors (Lipinski definition) is 2. The molecule has 26 heavy (non-hydrogen) atoms. The molecule has 0 radical (unpaired) electrons. The molecule has 3 nitrogen and oxygen atoms in total. The number of nitrogens with one attached hydrogen (secondary N) is 1. The van der Waals surface area contributed by atoms with E-state index in [0.717, 1.165) is 37.7 Å². The Balaban J connectivity index is 1.63. The highest BCUT2D eigenvalue weighted by Gasteiger charge is 2.47. The molecule has 2 aliphatic carbocycles. The van der Waals surface area contributed by atoms with Crippen molar-refractivity contribution >= 4 is 10.0 Å². The molecule has 0 spiro atoms. The zero-order chi connectivity index (χ0) is 18.4. The maximum atomic E-state index is 12.9. The zero-order valence-corrected chi connectivity index (χ0v) is 16.4. The van der Waals surface area contributed by atoms with Gasteiger partial charge in [0.1, 0.15) is 0 Å². The first-order valence-corrected chi connectivity index (χ1v) is 11.1. The molecule has 1 saturated carbocycles. The van der Waals surface area contributed by atoms with Gasteiger partial charge in [-0.1, -0.05) is 55.3 Å². The highest BCUT2D eigenvalue weighted by molar-refractivity contribution is 7.89. The van der Waals surface area contributed by atoms with Crippen LogP contribution in [0.25, 0.3) is 0 Å². The van der Waals surface area contributed by atoms with Crippen molar-refractivity contribution in [2.45, 2.75) is 62.3 Å². The van der Waals surface area contributed by atoms with E-state index in [1.165, 1.54) is 11.1 Å². The van der Waals surface area contributed by atoms with Gasteiger partial charge in [-0.15, -0.1) is 0 Å². The molecule has 0 aromatic heterocycles. The Kier molecular flexibility index (Phi) is 4.44. The average molecular weight is 370 g/mol. The number of aryl methyl sites for hydroxylation is 2. The van der Waals surface area contributed by atoms with Gasteiger partial charge in [-0.2, -0.15) is 0 Å². The van der Waals surface area contributed by atoms with Gasteiger partial charge in [-0.05, 0) is 67.2 Å². The number of benzene rings is 2. The zero-order valence-electron chi connectivity index (χ0n) is 15.5. The van der Waals surface area contributed by atoms with Gasteiger partial charge in [0.15, 0.2) is 0 Å². The third-order valence-electron chi connectivity index (χ3n) is 6.51. The molecule has 1 N–H and O–H groups in total. The quantitative estimate of drug-likeness (QED) is 0.874. The van der Waals surface area contributed by atoms with Gasteiger partial charge in [0.2, 0.25) is 10.0 Å². The topological polar surface area (TPSA) is 46.2 Å². The Morgan fingerprint density at radius 3 is 2.54 bits per heavy atom. The third kappa shape index (κ3) is 2.99.